The summed E-state index contributed by atoms with van der Waals surface area (Å²) in [5, 5.41) is 0. The van der Waals surface area contributed by atoms with Crippen LogP contribution < -0.4 is 5.73 Å². The predicted molar refractivity (Wildman–Crippen MR) is 70.0 cm³/mol. The number of rotatable bonds is 7. The minimum absolute atomic E-state index is 0.129. The Balaban J connectivity index is 2.72. The van der Waals surface area contributed by atoms with Gasteiger partial charge in [-0.15, -0.1) is 0 Å². The summed E-state index contributed by atoms with van der Waals surface area (Å²) in [4.78, 5) is 0. The van der Waals surface area contributed by atoms with Crippen molar-refractivity contribution in [2.45, 2.75) is 19.9 Å². The van der Waals surface area contributed by atoms with Crippen LogP contribution in [0.1, 0.15) is 18.9 Å². The van der Waals surface area contributed by atoms with Crippen LogP contribution in [-0.2, 0) is 16.6 Å². The van der Waals surface area contributed by atoms with Gasteiger partial charge in [0.1, 0.15) is 0 Å². The molecule has 0 aliphatic rings. The second-order valence-electron chi connectivity index (χ2n) is 3.87. The standard InChI is InChI=1S/C12H20N2O2S/c1-2-14(17(15,16)10-6-9-13)11-12-7-4-3-5-8-12/h3-5,7-8H,2,6,9-11,13H2,1H3. The molecule has 0 atom stereocenters. The van der Waals surface area contributed by atoms with Gasteiger partial charge in [0.15, 0.2) is 0 Å². The molecule has 17 heavy (non-hydrogen) atoms. The van der Waals surface area contributed by atoms with Crippen LogP contribution in [0.15, 0.2) is 30.3 Å². The first kappa shape index (κ1) is 14.2. The number of nitrogens with zero attached hydrogens (tertiary/aromatic N) is 1. The molecule has 0 unspecified atom stereocenters. The summed E-state index contributed by atoms with van der Waals surface area (Å²) in [6.07, 6.45) is 0.508. The molecule has 1 aromatic rings. The molecule has 96 valence electrons. The third-order valence-electron chi connectivity index (χ3n) is 2.55. The summed E-state index contributed by atoms with van der Waals surface area (Å²) in [5.41, 5.74) is 6.35. The van der Waals surface area contributed by atoms with Gasteiger partial charge in [-0.2, -0.15) is 4.31 Å². The highest BCUT2D eigenvalue weighted by Crippen LogP contribution is 2.10. The van der Waals surface area contributed by atoms with Crippen molar-refractivity contribution >= 4 is 10.0 Å². The van der Waals surface area contributed by atoms with E-state index in [1.165, 1.54) is 4.31 Å². The predicted octanol–water partition coefficient (Wildman–Crippen LogP) is 1.19. The van der Waals surface area contributed by atoms with Crippen LogP contribution in [0.3, 0.4) is 0 Å². The van der Waals surface area contributed by atoms with E-state index in [9.17, 15) is 8.42 Å². The fraction of sp³-hybridized carbons (Fsp3) is 0.500. The lowest BCUT2D eigenvalue weighted by atomic mass is 10.2. The van der Waals surface area contributed by atoms with Crippen LogP contribution in [0.4, 0.5) is 0 Å². The lowest BCUT2D eigenvalue weighted by molar-refractivity contribution is 0.422. The maximum atomic E-state index is 12.0. The Morgan fingerprint density at radius 2 is 1.88 bits per heavy atom. The molecule has 0 saturated heterocycles. The first-order valence-electron chi connectivity index (χ1n) is 5.82. The van der Waals surface area contributed by atoms with Crippen molar-refractivity contribution in [3.05, 3.63) is 35.9 Å². The monoisotopic (exact) mass is 256 g/mol. The Hall–Kier alpha value is -0.910. The average molecular weight is 256 g/mol. The van der Waals surface area contributed by atoms with Gasteiger partial charge in [-0.05, 0) is 18.5 Å². The normalized spacial score (nSPS) is 11.9. The largest absolute Gasteiger partial charge is 0.330 e. The van der Waals surface area contributed by atoms with Crippen LogP contribution in [0.2, 0.25) is 0 Å². The van der Waals surface area contributed by atoms with Gasteiger partial charge in [0.25, 0.3) is 0 Å². The molecule has 0 aromatic heterocycles. The van der Waals surface area contributed by atoms with E-state index in [4.69, 9.17) is 5.73 Å². The van der Waals surface area contributed by atoms with Gasteiger partial charge < -0.3 is 5.73 Å². The van der Waals surface area contributed by atoms with Crippen molar-refractivity contribution in [3.8, 4) is 0 Å². The third-order valence-corrected chi connectivity index (χ3v) is 4.53. The zero-order valence-corrected chi connectivity index (χ0v) is 11.0. The molecular formula is C12H20N2O2S. The Kier molecular flexibility index (Phi) is 5.61. The zero-order valence-electron chi connectivity index (χ0n) is 10.2. The summed E-state index contributed by atoms with van der Waals surface area (Å²) in [5.74, 6) is 0.129. The van der Waals surface area contributed by atoms with Crippen molar-refractivity contribution in [2.24, 2.45) is 5.73 Å². The number of sulfonamides is 1. The molecule has 0 amide bonds. The first-order valence-corrected chi connectivity index (χ1v) is 7.43. The van der Waals surface area contributed by atoms with Crippen molar-refractivity contribution in [1.82, 2.24) is 4.31 Å². The van der Waals surface area contributed by atoms with Crippen LogP contribution in [0.25, 0.3) is 0 Å². The molecule has 1 aromatic carbocycles. The van der Waals surface area contributed by atoms with E-state index < -0.39 is 10.0 Å². The summed E-state index contributed by atoms with van der Waals surface area (Å²) in [6, 6.07) is 9.61. The molecular weight excluding hydrogens is 236 g/mol. The first-order chi connectivity index (χ1) is 8.10. The van der Waals surface area contributed by atoms with E-state index in [1.807, 2.05) is 37.3 Å². The Morgan fingerprint density at radius 3 is 2.41 bits per heavy atom. The summed E-state index contributed by atoms with van der Waals surface area (Å²) in [6.45, 7) is 3.18. The molecule has 0 radical (unpaired) electrons. The van der Waals surface area contributed by atoms with E-state index in [-0.39, 0.29) is 5.75 Å². The third kappa shape index (κ3) is 4.46. The number of hydrogen-bond acceptors (Lipinski definition) is 3. The molecule has 0 aliphatic carbocycles. The lowest BCUT2D eigenvalue weighted by Crippen LogP contribution is -2.33. The van der Waals surface area contributed by atoms with E-state index >= 15 is 0 Å². The van der Waals surface area contributed by atoms with E-state index in [2.05, 4.69) is 0 Å². The molecule has 0 fully saturated rings. The molecule has 0 saturated carbocycles. The Morgan fingerprint density at radius 1 is 1.24 bits per heavy atom. The molecule has 2 N–H and O–H groups in total. The van der Waals surface area contributed by atoms with Crippen LogP contribution >= 0.6 is 0 Å². The molecule has 4 nitrogen and oxygen atoms in total. The maximum Gasteiger partial charge on any atom is 0.214 e. The summed E-state index contributed by atoms with van der Waals surface area (Å²) < 4.78 is 25.5. The summed E-state index contributed by atoms with van der Waals surface area (Å²) >= 11 is 0. The van der Waals surface area contributed by atoms with Crippen molar-refractivity contribution in [3.63, 3.8) is 0 Å². The fourth-order valence-electron chi connectivity index (χ4n) is 1.59. The number of hydrogen-bond donors (Lipinski definition) is 1. The van der Waals surface area contributed by atoms with Gasteiger partial charge in [-0.25, -0.2) is 8.42 Å². The van der Waals surface area contributed by atoms with Gasteiger partial charge in [0, 0.05) is 13.1 Å². The minimum atomic E-state index is -3.18. The van der Waals surface area contributed by atoms with E-state index in [0.29, 0.717) is 26.1 Å². The Bertz CT molecular complexity index is 417. The van der Waals surface area contributed by atoms with E-state index in [1.54, 1.807) is 0 Å². The lowest BCUT2D eigenvalue weighted by Gasteiger charge is -2.20. The molecule has 0 spiro atoms. The molecule has 1 rings (SSSR count). The van der Waals surface area contributed by atoms with Crippen LogP contribution in [0, 0.1) is 0 Å². The van der Waals surface area contributed by atoms with Crippen LogP contribution in [-0.4, -0.2) is 31.6 Å². The SMILES string of the molecule is CCN(Cc1ccccc1)S(=O)(=O)CCCN. The highest BCUT2D eigenvalue weighted by Gasteiger charge is 2.19. The smallest absolute Gasteiger partial charge is 0.214 e. The summed E-state index contributed by atoms with van der Waals surface area (Å²) in [7, 11) is -3.18. The number of nitrogens with two attached hydrogens (primary N) is 1. The highest BCUT2D eigenvalue weighted by molar-refractivity contribution is 7.89. The molecule has 5 heteroatoms. The fourth-order valence-corrected chi connectivity index (χ4v) is 3.12. The van der Waals surface area contributed by atoms with Crippen molar-refractivity contribution in [1.29, 1.82) is 0 Å². The molecule has 0 bridgehead atoms. The van der Waals surface area contributed by atoms with Crippen molar-refractivity contribution < 1.29 is 8.42 Å². The van der Waals surface area contributed by atoms with Crippen molar-refractivity contribution in [2.75, 3.05) is 18.8 Å². The van der Waals surface area contributed by atoms with Crippen LogP contribution in [0.5, 0.6) is 0 Å². The topological polar surface area (TPSA) is 63.4 Å². The second kappa shape index (κ2) is 6.74. The molecule has 0 heterocycles. The van der Waals surface area contributed by atoms with Gasteiger partial charge in [0.05, 0.1) is 5.75 Å². The second-order valence-corrected chi connectivity index (χ2v) is 5.96. The zero-order chi connectivity index (χ0) is 12.7. The number of benzene rings is 1. The van der Waals surface area contributed by atoms with Gasteiger partial charge >= 0.3 is 0 Å². The maximum absolute atomic E-state index is 12.0. The minimum Gasteiger partial charge on any atom is -0.330 e. The van der Waals surface area contributed by atoms with Gasteiger partial charge in [-0.3, -0.25) is 0 Å². The highest BCUT2D eigenvalue weighted by atomic mass is 32.2. The molecule has 0 aliphatic heterocycles. The van der Waals surface area contributed by atoms with E-state index in [0.717, 1.165) is 5.56 Å². The Labute approximate surface area is 103 Å². The average Bonchev–Trinajstić information content (AvgIpc) is 2.34. The quantitative estimate of drug-likeness (QED) is 0.797. The van der Waals surface area contributed by atoms with Gasteiger partial charge in [0.2, 0.25) is 10.0 Å². The van der Waals surface area contributed by atoms with Gasteiger partial charge in [-0.1, -0.05) is 37.3 Å².